The van der Waals surface area contributed by atoms with Crippen LogP contribution in [0.1, 0.15) is 39.5 Å². The van der Waals surface area contributed by atoms with Gasteiger partial charge in [0.15, 0.2) is 0 Å². The summed E-state index contributed by atoms with van der Waals surface area (Å²) in [6.07, 6.45) is 7.98. The molecule has 19 heavy (non-hydrogen) atoms. The Balaban J connectivity index is 1.97. The van der Waals surface area contributed by atoms with Crippen LogP contribution in [0.2, 0.25) is 0 Å². The standard InChI is InChI=1S/C16H24O3/c1-15-7-5-12-9-11(10-17)3-4-13(12)16(15,2)14(18)6-8-19-15/h5,7,11-13,17H,3-4,6,8-10H2,1-2H3/t11-,12+,13-,15+,16+/m1/s1. The van der Waals surface area contributed by atoms with Crippen molar-refractivity contribution in [2.24, 2.45) is 23.2 Å². The summed E-state index contributed by atoms with van der Waals surface area (Å²) in [5.74, 6) is 1.56. The molecule has 1 heterocycles. The van der Waals surface area contributed by atoms with Crippen LogP contribution in [0, 0.1) is 23.2 Å². The van der Waals surface area contributed by atoms with E-state index in [0.717, 1.165) is 19.3 Å². The maximum Gasteiger partial charge on any atom is 0.144 e. The van der Waals surface area contributed by atoms with Crippen LogP contribution in [0.25, 0.3) is 0 Å². The Bertz CT molecular complexity index is 416. The molecule has 1 aliphatic heterocycles. The summed E-state index contributed by atoms with van der Waals surface area (Å²) in [6, 6.07) is 0. The van der Waals surface area contributed by atoms with Gasteiger partial charge in [0, 0.05) is 13.0 Å². The predicted molar refractivity (Wildman–Crippen MR) is 72.6 cm³/mol. The van der Waals surface area contributed by atoms with Crippen LogP contribution in [-0.4, -0.2) is 29.7 Å². The molecule has 1 N–H and O–H groups in total. The van der Waals surface area contributed by atoms with Gasteiger partial charge in [0.2, 0.25) is 0 Å². The fourth-order valence-electron chi connectivity index (χ4n) is 4.54. The molecule has 1 saturated heterocycles. The van der Waals surface area contributed by atoms with Crippen LogP contribution in [0.5, 0.6) is 0 Å². The van der Waals surface area contributed by atoms with E-state index in [-0.39, 0.29) is 12.0 Å². The van der Waals surface area contributed by atoms with E-state index >= 15 is 0 Å². The van der Waals surface area contributed by atoms with Crippen molar-refractivity contribution in [2.75, 3.05) is 13.2 Å². The van der Waals surface area contributed by atoms with Crippen molar-refractivity contribution in [1.29, 1.82) is 0 Å². The van der Waals surface area contributed by atoms with E-state index in [4.69, 9.17) is 4.74 Å². The number of aliphatic hydroxyl groups excluding tert-OH is 1. The van der Waals surface area contributed by atoms with Gasteiger partial charge in [-0.1, -0.05) is 12.2 Å². The molecule has 1 saturated carbocycles. The fourth-order valence-corrected chi connectivity index (χ4v) is 4.54. The van der Waals surface area contributed by atoms with E-state index in [9.17, 15) is 9.90 Å². The second-order valence-corrected chi connectivity index (χ2v) is 6.82. The number of aliphatic hydroxyl groups is 1. The van der Waals surface area contributed by atoms with Crippen molar-refractivity contribution in [3.8, 4) is 0 Å². The quantitative estimate of drug-likeness (QED) is 0.739. The van der Waals surface area contributed by atoms with Gasteiger partial charge in [-0.25, -0.2) is 0 Å². The molecule has 5 atom stereocenters. The minimum absolute atomic E-state index is 0.273. The molecule has 3 aliphatic rings. The van der Waals surface area contributed by atoms with Crippen LogP contribution >= 0.6 is 0 Å². The molecule has 3 rings (SSSR count). The Hall–Kier alpha value is -0.670. The number of ketones is 1. The highest BCUT2D eigenvalue weighted by Crippen LogP contribution is 2.56. The van der Waals surface area contributed by atoms with Crippen molar-refractivity contribution in [2.45, 2.75) is 45.1 Å². The van der Waals surface area contributed by atoms with Gasteiger partial charge in [0.1, 0.15) is 5.78 Å². The molecule has 0 amide bonds. The Kier molecular flexibility index (Phi) is 3.10. The summed E-state index contributed by atoms with van der Waals surface area (Å²) in [4.78, 5) is 12.6. The predicted octanol–water partition coefficient (Wildman–Crippen LogP) is 2.34. The van der Waals surface area contributed by atoms with Gasteiger partial charge in [0.05, 0.1) is 17.6 Å². The maximum atomic E-state index is 12.6. The first-order valence-electron chi connectivity index (χ1n) is 7.49. The largest absolute Gasteiger partial charge is 0.396 e. The Morgan fingerprint density at radius 1 is 1.42 bits per heavy atom. The number of ether oxygens (including phenoxy) is 1. The molecular formula is C16H24O3. The third kappa shape index (κ3) is 1.74. The molecule has 0 aromatic rings. The number of fused-ring (bicyclic) bond motifs is 3. The molecule has 2 fully saturated rings. The average Bonchev–Trinajstić information content (AvgIpc) is 2.41. The molecule has 0 aromatic carbocycles. The minimum Gasteiger partial charge on any atom is -0.396 e. The molecule has 2 aliphatic carbocycles. The first kappa shape index (κ1) is 13.3. The van der Waals surface area contributed by atoms with Crippen LogP contribution < -0.4 is 0 Å². The lowest BCUT2D eigenvalue weighted by atomic mass is 9.51. The third-order valence-electron chi connectivity index (χ3n) is 6.01. The summed E-state index contributed by atoms with van der Waals surface area (Å²) in [6.45, 7) is 4.99. The zero-order valence-corrected chi connectivity index (χ0v) is 11.9. The smallest absolute Gasteiger partial charge is 0.144 e. The number of hydrogen-bond donors (Lipinski definition) is 1. The van der Waals surface area contributed by atoms with Gasteiger partial charge in [-0.05, 0) is 50.9 Å². The summed E-state index contributed by atoms with van der Waals surface area (Å²) in [7, 11) is 0. The minimum atomic E-state index is -0.435. The zero-order chi connectivity index (χ0) is 13.7. The van der Waals surface area contributed by atoms with E-state index < -0.39 is 5.60 Å². The second kappa shape index (κ2) is 4.42. The number of hydrogen-bond acceptors (Lipinski definition) is 3. The highest BCUT2D eigenvalue weighted by molar-refractivity contribution is 5.87. The van der Waals surface area contributed by atoms with E-state index in [2.05, 4.69) is 26.0 Å². The summed E-state index contributed by atoms with van der Waals surface area (Å²) in [5.41, 5.74) is -0.819. The summed E-state index contributed by atoms with van der Waals surface area (Å²) < 4.78 is 5.99. The second-order valence-electron chi connectivity index (χ2n) is 6.82. The molecule has 0 spiro atoms. The first-order valence-corrected chi connectivity index (χ1v) is 7.49. The average molecular weight is 264 g/mol. The van der Waals surface area contributed by atoms with E-state index in [0.29, 0.717) is 36.6 Å². The monoisotopic (exact) mass is 264 g/mol. The van der Waals surface area contributed by atoms with Gasteiger partial charge in [-0.3, -0.25) is 4.79 Å². The number of rotatable bonds is 1. The fraction of sp³-hybridized carbons (Fsp3) is 0.812. The molecule has 106 valence electrons. The molecule has 0 bridgehead atoms. The van der Waals surface area contributed by atoms with Gasteiger partial charge < -0.3 is 9.84 Å². The summed E-state index contributed by atoms with van der Waals surface area (Å²) >= 11 is 0. The van der Waals surface area contributed by atoms with Crippen molar-refractivity contribution in [3.05, 3.63) is 12.2 Å². The molecule has 0 unspecified atom stereocenters. The van der Waals surface area contributed by atoms with Crippen LogP contribution in [-0.2, 0) is 9.53 Å². The van der Waals surface area contributed by atoms with Gasteiger partial charge in [0.25, 0.3) is 0 Å². The summed E-state index contributed by atoms with van der Waals surface area (Å²) in [5, 5.41) is 9.36. The molecule has 3 heteroatoms. The van der Waals surface area contributed by atoms with E-state index in [1.807, 2.05) is 0 Å². The maximum absolute atomic E-state index is 12.6. The normalized spacial score (nSPS) is 49.6. The zero-order valence-electron chi connectivity index (χ0n) is 11.9. The van der Waals surface area contributed by atoms with E-state index in [1.54, 1.807) is 0 Å². The Morgan fingerprint density at radius 2 is 2.21 bits per heavy atom. The lowest BCUT2D eigenvalue weighted by molar-refractivity contribution is -0.181. The topological polar surface area (TPSA) is 46.5 Å². The van der Waals surface area contributed by atoms with Gasteiger partial charge >= 0.3 is 0 Å². The number of carbonyl (C=O) groups is 1. The molecular weight excluding hydrogens is 240 g/mol. The third-order valence-corrected chi connectivity index (χ3v) is 6.01. The SMILES string of the molecule is C[C@]12C=C[C@H]3C[C@H](CO)CC[C@H]3[C@@]1(C)C(=O)CCO2. The van der Waals surface area contributed by atoms with Gasteiger partial charge in [-0.15, -0.1) is 0 Å². The number of allylic oxidation sites excluding steroid dienone is 1. The van der Waals surface area contributed by atoms with Crippen LogP contribution in [0.3, 0.4) is 0 Å². The lowest BCUT2D eigenvalue weighted by Crippen LogP contribution is -2.61. The number of carbonyl (C=O) groups excluding carboxylic acids is 1. The van der Waals surface area contributed by atoms with Crippen molar-refractivity contribution >= 4 is 5.78 Å². The molecule has 0 aromatic heterocycles. The van der Waals surface area contributed by atoms with E-state index in [1.165, 1.54) is 0 Å². The first-order chi connectivity index (χ1) is 9.01. The molecule has 0 radical (unpaired) electrons. The van der Waals surface area contributed by atoms with Crippen molar-refractivity contribution in [1.82, 2.24) is 0 Å². The van der Waals surface area contributed by atoms with Crippen molar-refractivity contribution in [3.63, 3.8) is 0 Å². The Labute approximate surface area is 115 Å². The lowest BCUT2D eigenvalue weighted by Gasteiger charge is -2.57. The van der Waals surface area contributed by atoms with Crippen LogP contribution in [0.4, 0.5) is 0 Å². The Morgan fingerprint density at radius 3 is 2.95 bits per heavy atom. The van der Waals surface area contributed by atoms with Crippen molar-refractivity contribution < 1.29 is 14.6 Å². The highest BCUT2D eigenvalue weighted by Gasteiger charge is 2.60. The highest BCUT2D eigenvalue weighted by atomic mass is 16.5. The molecule has 3 nitrogen and oxygen atoms in total. The number of Topliss-reactive ketones (excluding diaryl/α,β-unsaturated/α-hetero) is 1. The van der Waals surface area contributed by atoms with Crippen LogP contribution in [0.15, 0.2) is 12.2 Å². The van der Waals surface area contributed by atoms with Gasteiger partial charge in [-0.2, -0.15) is 0 Å².